The maximum absolute atomic E-state index is 11.0. The number of nitrogens with one attached hydrogen (secondary N) is 1. The SMILES string of the molecule is CC(C)C(C)(C)CNc1ccc(C(N)=O)cc1N. The fraction of sp³-hybridized carbons (Fsp3) is 0.500. The summed E-state index contributed by atoms with van der Waals surface area (Å²) in [6.07, 6.45) is 0. The van der Waals surface area contributed by atoms with E-state index in [-0.39, 0.29) is 5.41 Å². The number of hydrogen-bond acceptors (Lipinski definition) is 3. The minimum Gasteiger partial charge on any atom is -0.397 e. The first-order valence-electron chi connectivity index (χ1n) is 6.17. The summed E-state index contributed by atoms with van der Waals surface area (Å²) in [6.45, 7) is 9.63. The number of carbonyl (C=O) groups excluding carboxylic acids is 1. The van der Waals surface area contributed by atoms with Gasteiger partial charge >= 0.3 is 0 Å². The highest BCUT2D eigenvalue weighted by atomic mass is 16.1. The third-order valence-corrected chi connectivity index (χ3v) is 3.63. The summed E-state index contributed by atoms with van der Waals surface area (Å²) >= 11 is 0. The number of nitrogen functional groups attached to an aromatic ring is 1. The number of carbonyl (C=O) groups is 1. The molecule has 0 radical (unpaired) electrons. The summed E-state index contributed by atoms with van der Waals surface area (Å²) in [6, 6.07) is 5.09. The molecule has 1 amide bonds. The molecule has 4 heteroatoms. The van der Waals surface area contributed by atoms with Gasteiger partial charge in [-0.25, -0.2) is 0 Å². The summed E-state index contributed by atoms with van der Waals surface area (Å²) in [5.41, 5.74) is 13.1. The third kappa shape index (κ3) is 3.39. The Kier molecular flexibility index (Phi) is 4.22. The van der Waals surface area contributed by atoms with Crippen LogP contribution in [0.4, 0.5) is 11.4 Å². The van der Waals surface area contributed by atoms with Crippen molar-refractivity contribution in [3.05, 3.63) is 23.8 Å². The summed E-state index contributed by atoms with van der Waals surface area (Å²) in [7, 11) is 0. The van der Waals surface area contributed by atoms with E-state index in [1.165, 1.54) is 0 Å². The average Bonchev–Trinajstić information content (AvgIpc) is 2.26. The van der Waals surface area contributed by atoms with Crippen molar-refractivity contribution in [2.24, 2.45) is 17.1 Å². The van der Waals surface area contributed by atoms with Gasteiger partial charge in [0.25, 0.3) is 0 Å². The minimum absolute atomic E-state index is 0.175. The summed E-state index contributed by atoms with van der Waals surface area (Å²) in [4.78, 5) is 11.0. The second kappa shape index (κ2) is 5.29. The molecule has 5 N–H and O–H groups in total. The van der Waals surface area contributed by atoms with Gasteiger partial charge in [0.15, 0.2) is 0 Å². The van der Waals surface area contributed by atoms with Gasteiger partial charge in [0, 0.05) is 12.1 Å². The molecule has 100 valence electrons. The first kappa shape index (κ1) is 14.4. The molecule has 1 aromatic carbocycles. The number of benzene rings is 1. The molecule has 0 spiro atoms. The van der Waals surface area contributed by atoms with Gasteiger partial charge in [-0.1, -0.05) is 27.7 Å². The lowest BCUT2D eigenvalue weighted by Gasteiger charge is -2.30. The Balaban J connectivity index is 2.78. The van der Waals surface area contributed by atoms with Crippen LogP contribution in [0.15, 0.2) is 18.2 Å². The van der Waals surface area contributed by atoms with Crippen LogP contribution in [-0.4, -0.2) is 12.5 Å². The molecule has 0 aliphatic carbocycles. The van der Waals surface area contributed by atoms with Gasteiger partial charge in [0.05, 0.1) is 11.4 Å². The van der Waals surface area contributed by atoms with Gasteiger partial charge in [-0.3, -0.25) is 4.79 Å². The first-order chi connectivity index (χ1) is 8.24. The molecule has 0 bridgehead atoms. The maximum Gasteiger partial charge on any atom is 0.248 e. The van der Waals surface area contributed by atoms with Crippen LogP contribution in [0.25, 0.3) is 0 Å². The minimum atomic E-state index is -0.462. The highest BCUT2D eigenvalue weighted by Gasteiger charge is 2.22. The Morgan fingerprint density at radius 2 is 2.00 bits per heavy atom. The van der Waals surface area contributed by atoms with E-state index in [1.807, 2.05) is 0 Å². The van der Waals surface area contributed by atoms with E-state index in [1.54, 1.807) is 18.2 Å². The molecule has 0 fully saturated rings. The topological polar surface area (TPSA) is 81.1 Å². The van der Waals surface area contributed by atoms with Gasteiger partial charge in [0.1, 0.15) is 0 Å². The molecule has 0 aromatic heterocycles. The monoisotopic (exact) mass is 249 g/mol. The number of rotatable bonds is 5. The smallest absolute Gasteiger partial charge is 0.248 e. The third-order valence-electron chi connectivity index (χ3n) is 3.63. The van der Waals surface area contributed by atoms with Crippen molar-refractivity contribution in [1.82, 2.24) is 0 Å². The van der Waals surface area contributed by atoms with E-state index in [0.29, 0.717) is 17.2 Å². The van der Waals surface area contributed by atoms with Crippen molar-refractivity contribution in [3.63, 3.8) is 0 Å². The zero-order valence-corrected chi connectivity index (χ0v) is 11.6. The number of hydrogen-bond donors (Lipinski definition) is 3. The molecule has 0 saturated carbocycles. The molecule has 18 heavy (non-hydrogen) atoms. The molecule has 0 saturated heterocycles. The van der Waals surface area contributed by atoms with Crippen LogP contribution in [0.5, 0.6) is 0 Å². The molecule has 1 rings (SSSR count). The van der Waals surface area contributed by atoms with Gasteiger partial charge in [0.2, 0.25) is 5.91 Å². The molecule has 0 aliphatic heterocycles. The van der Waals surface area contributed by atoms with E-state index >= 15 is 0 Å². The zero-order valence-electron chi connectivity index (χ0n) is 11.6. The largest absolute Gasteiger partial charge is 0.397 e. The van der Waals surface area contributed by atoms with Gasteiger partial charge in [-0.05, 0) is 29.5 Å². The van der Waals surface area contributed by atoms with Crippen molar-refractivity contribution >= 4 is 17.3 Å². The van der Waals surface area contributed by atoms with Crippen molar-refractivity contribution in [1.29, 1.82) is 0 Å². The number of primary amides is 1. The van der Waals surface area contributed by atoms with Crippen molar-refractivity contribution in [2.75, 3.05) is 17.6 Å². The van der Waals surface area contributed by atoms with Crippen molar-refractivity contribution in [3.8, 4) is 0 Å². The van der Waals surface area contributed by atoms with Crippen LogP contribution in [0.1, 0.15) is 38.1 Å². The van der Waals surface area contributed by atoms with E-state index in [9.17, 15) is 4.79 Å². The normalized spacial score (nSPS) is 11.6. The Morgan fingerprint density at radius 1 is 1.39 bits per heavy atom. The fourth-order valence-corrected chi connectivity index (χ4v) is 1.40. The summed E-state index contributed by atoms with van der Waals surface area (Å²) in [5.74, 6) is 0.104. The quantitative estimate of drug-likeness (QED) is 0.701. The van der Waals surface area contributed by atoms with Gasteiger partial charge in [-0.15, -0.1) is 0 Å². The Morgan fingerprint density at radius 3 is 2.44 bits per heavy atom. The highest BCUT2D eigenvalue weighted by molar-refractivity contribution is 5.94. The van der Waals surface area contributed by atoms with E-state index in [4.69, 9.17) is 11.5 Å². The Labute approximate surface area is 109 Å². The second-order valence-electron chi connectivity index (χ2n) is 5.66. The Hall–Kier alpha value is -1.71. The molecular weight excluding hydrogens is 226 g/mol. The van der Waals surface area contributed by atoms with E-state index in [0.717, 1.165) is 12.2 Å². The lowest BCUT2D eigenvalue weighted by Crippen LogP contribution is -2.28. The summed E-state index contributed by atoms with van der Waals surface area (Å²) < 4.78 is 0. The average molecular weight is 249 g/mol. The standard InChI is InChI=1S/C14H23N3O/c1-9(2)14(3,4)8-17-12-6-5-10(13(16)18)7-11(12)15/h5-7,9,17H,8,15H2,1-4H3,(H2,16,18). The lowest BCUT2D eigenvalue weighted by atomic mass is 9.81. The van der Waals surface area contributed by atoms with Crippen LogP contribution >= 0.6 is 0 Å². The Bertz CT molecular complexity index is 439. The predicted octanol–water partition coefficient (Wildman–Crippen LogP) is 2.46. The number of nitrogens with two attached hydrogens (primary N) is 2. The van der Waals surface area contributed by atoms with E-state index < -0.39 is 5.91 Å². The first-order valence-corrected chi connectivity index (χ1v) is 6.17. The summed E-state index contributed by atoms with van der Waals surface area (Å²) in [5, 5.41) is 3.32. The van der Waals surface area contributed by atoms with Crippen LogP contribution in [0, 0.1) is 11.3 Å². The van der Waals surface area contributed by atoms with Crippen LogP contribution in [0.2, 0.25) is 0 Å². The molecular formula is C14H23N3O. The maximum atomic E-state index is 11.0. The van der Waals surface area contributed by atoms with Gasteiger partial charge in [-0.2, -0.15) is 0 Å². The van der Waals surface area contributed by atoms with Crippen molar-refractivity contribution < 1.29 is 4.79 Å². The molecule has 0 atom stereocenters. The highest BCUT2D eigenvalue weighted by Crippen LogP contribution is 2.28. The van der Waals surface area contributed by atoms with E-state index in [2.05, 4.69) is 33.0 Å². The lowest BCUT2D eigenvalue weighted by molar-refractivity contribution is 0.100. The van der Waals surface area contributed by atoms with Crippen molar-refractivity contribution in [2.45, 2.75) is 27.7 Å². The molecule has 0 heterocycles. The zero-order chi connectivity index (χ0) is 13.9. The second-order valence-corrected chi connectivity index (χ2v) is 5.66. The van der Waals surface area contributed by atoms with Crippen LogP contribution in [0.3, 0.4) is 0 Å². The van der Waals surface area contributed by atoms with Crippen LogP contribution < -0.4 is 16.8 Å². The molecule has 1 aromatic rings. The number of anilines is 2. The predicted molar refractivity (Wildman–Crippen MR) is 76.5 cm³/mol. The fourth-order valence-electron chi connectivity index (χ4n) is 1.40. The number of amides is 1. The van der Waals surface area contributed by atoms with Gasteiger partial charge < -0.3 is 16.8 Å². The molecule has 0 unspecified atom stereocenters. The molecule has 0 aliphatic rings. The molecule has 4 nitrogen and oxygen atoms in total. The van der Waals surface area contributed by atoms with Crippen LogP contribution in [-0.2, 0) is 0 Å².